The van der Waals surface area contributed by atoms with Gasteiger partial charge in [-0.25, -0.2) is 13.2 Å². The number of nitrogens with zero attached hydrogens (tertiary/aromatic N) is 3. The largest absolute Gasteiger partial charge is 0.453 e. The first-order chi connectivity index (χ1) is 14.3. The van der Waals surface area contributed by atoms with Crippen molar-refractivity contribution >= 4 is 28.3 Å². The minimum absolute atomic E-state index is 0.0453. The average molecular weight is 419 g/mol. The van der Waals surface area contributed by atoms with Gasteiger partial charge in [0, 0.05) is 16.5 Å². The zero-order valence-electron chi connectivity index (χ0n) is 14.9. The molecule has 0 aliphatic rings. The van der Waals surface area contributed by atoms with Crippen molar-refractivity contribution in [1.29, 1.82) is 0 Å². The van der Waals surface area contributed by atoms with E-state index < -0.39 is 64.2 Å². The number of hydrogen-bond donors (Lipinski definition) is 3. The fourth-order valence-electron chi connectivity index (χ4n) is 2.73. The van der Waals surface area contributed by atoms with Gasteiger partial charge >= 0.3 is 0 Å². The number of anilines is 2. The van der Waals surface area contributed by atoms with Gasteiger partial charge in [0.2, 0.25) is 5.91 Å². The molecule has 0 bridgehead atoms. The summed E-state index contributed by atoms with van der Waals surface area (Å²) in [5, 5.41) is 13.7. The second-order valence-corrected chi connectivity index (χ2v) is 5.99. The molecule has 0 atom stereocenters. The maximum Gasteiger partial charge on any atom is 0.230 e. The number of rotatable bonds is 5. The van der Waals surface area contributed by atoms with Gasteiger partial charge in [-0.15, -0.1) is 0 Å². The molecule has 3 rings (SSSR count). The number of aliphatic hydroxyl groups is 1. The maximum atomic E-state index is 14.8. The Morgan fingerprint density at radius 2 is 2.00 bits per heavy atom. The van der Waals surface area contributed by atoms with E-state index >= 15 is 0 Å². The van der Waals surface area contributed by atoms with Gasteiger partial charge < -0.3 is 20.6 Å². The SMILES string of the molecule is [N-]=[N+]=NCC(=O)Nc1c(F)c(CO)c(F)c2oc(-c3ccc(N)c(F)c3)cc(=O)c12. The lowest BCUT2D eigenvalue weighted by Gasteiger charge is -2.13. The van der Waals surface area contributed by atoms with Crippen LogP contribution in [0.2, 0.25) is 0 Å². The molecular formula is C18H12F3N5O4. The third-order valence-corrected chi connectivity index (χ3v) is 4.13. The molecule has 4 N–H and O–H groups in total. The summed E-state index contributed by atoms with van der Waals surface area (Å²) in [5.41, 5.74) is 10.2. The van der Waals surface area contributed by atoms with Crippen molar-refractivity contribution < 1.29 is 27.5 Å². The molecule has 154 valence electrons. The van der Waals surface area contributed by atoms with Gasteiger partial charge in [0.25, 0.3) is 0 Å². The summed E-state index contributed by atoms with van der Waals surface area (Å²) >= 11 is 0. The van der Waals surface area contributed by atoms with Crippen molar-refractivity contribution in [2.45, 2.75) is 6.61 Å². The number of nitrogens with one attached hydrogen (secondary N) is 1. The third-order valence-electron chi connectivity index (χ3n) is 4.13. The Labute approximate surface area is 165 Å². The van der Waals surface area contributed by atoms with E-state index in [1.807, 2.05) is 5.32 Å². The van der Waals surface area contributed by atoms with E-state index in [0.717, 1.165) is 12.1 Å². The number of hydrogen-bond acceptors (Lipinski definition) is 6. The van der Waals surface area contributed by atoms with Crippen molar-refractivity contribution in [2.75, 3.05) is 17.6 Å². The lowest BCUT2D eigenvalue weighted by molar-refractivity contribution is -0.114. The number of halogens is 3. The van der Waals surface area contributed by atoms with Crippen LogP contribution in [-0.2, 0) is 11.4 Å². The number of benzene rings is 2. The Bertz CT molecular complexity index is 1290. The maximum absolute atomic E-state index is 14.8. The molecule has 0 saturated heterocycles. The van der Waals surface area contributed by atoms with E-state index in [1.165, 1.54) is 12.1 Å². The Hall–Kier alpha value is -4.02. The molecule has 12 heteroatoms. The lowest BCUT2D eigenvalue weighted by atomic mass is 10.1. The van der Waals surface area contributed by atoms with Crippen LogP contribution in [0.15, 0.2) is 38.6 Å². The predicted octanol–water partition coefficient (Wildman–Crippen LogP) is 3.20. The fourth-order valence-corrected chi connectivity index (χ4v) is 2.73. The van der Waals surface area contributed by atoms with Crippen LogP contribution in [0.25, 0.3) is 32.7 Å². The number of carbonyl (C=O) groups is 1. The van der Waals surface area contributed by atoms with Gasteiger partial charge in [-0.3, -0.25) is 9.59 Å². The third kappa shape index (κ3) is 3.64. The van der Waals surface area contributed by atoms with Gasteiger partial charge in [-0.1, -0.05) is 5.11 Å². The van der Waals surface area contributed by atoms with Crippen LogP contribution in [0, 0.1) is 17.5 Å². The molecule has 2 aromatic carbocycles. The molecule has 0 saturated carbocycles. The zero-order chi connectivity index (χ0) is 22.0. The van der Waals surface area contributed by atoms with Crippen molar-refractivity contribution in [3.8, 4) is 11.3 Å². The van der Waals surface area contributed by atoms with E-state index in [4.69, 9.17) is 15.7 Å². The Kier molecular flexibility index (Phi) is 5.63. The summed E-state index contributed by atoms with van der Waals surface area (Å²) in [5.74, 6) is -4.82. The van der Waals surface area contributed by atoms with Crippen molar-refractivity contribution in [2.24, 2.45) is 5.11 Å². The van der Waals surface area contributed by atoms with E-state index in [-0.39, 0.29) is 17.0 Å². The quantitative estimate of drug-likeness (QED) is 0.251. The minimum atomic E-state index is -1.39. The summed E-state index contributed by atoms with van der Waals surface area (Å²) in [6, 6.07) is 4.33. The molecule has 0 radical (unpaired) electrons. The van der Waals surface area contributed by atoms with Crippen molar-refractivity contribution in [3.63, 3.8) is 0 Å². The highest BCUT2D eigenvalue weighted by molar-refractivity contribution is 6.02. The second-order valence-electron chi connectivity index (χ2n) is 5.99. The predicted molar refractivity (Wildman–Crippen MR) is 101 cm³/mol. The molecular weight excluding hydrogens is 407 g/mol. The standard InChI is InChI=1S/C18H12F3N5O4/c19-9-3-7(1-2-10(9)22)12-4-11(28)14-17(25-13(29)5-24-26-23)15(20)8(6-27)16(21)18(14)30-12/h1-4,27H,5-6,22H2,(H,25,29). The van der Waals surface area contributed by atoms with Crippen LogP contribution in [-0.4, -0.2) is 17.6 Å². The van der Waals surface area contributed by atoms with Gasteiger partial charge in [-0.2, -0.15) is 0 Å². The summed E-state index contributed by atoms with van der Waals surface area (Å²) < 4.78 is 48.6. The first-order valence-electron chi connectivity index (χ1n) is 8.23. The summed E-state index contributed by atoms with van der Waals surface area (Å²) in [4.78, 5) is 26.8. The smallest absolute Gasteiger partial charge is 0.230 e. The van der Waals surface area contributed by atoms with Gasteiger partial charge in [-0.05, 0) is 23.7 Å². The van der Waals surface area contributed by atoms with Crippen LogP contribution in [0.4, 0.5) is 24.5 Å². The molecule has 0 unspecified atom stereocenters. The second kappa shape index (κ2) is 8.15. The molecule has 30 heavy (non-hydrogen) atoms. The molecule has 0 fully saturated rings. The molecule has 0 aliphatic heterocycles. The zero-order valence-corrected chi connectivity index (χ0v) is 14.9. The first-order valence-corrected chi connectivity index (χ1v) is 8.23. The number of nitrogens with two attached hydrogens (primary N) is 1. The lowest BCUT2D eigenvalue weighted by Crippen LogP contribution is -2.19. The van der Waals surface area contributed by atoms with Gasteiger partial charge in [0.15, 0.2) is 22.6 Å². The summed E-state index contributed by atoms with van der Waals surface area (Å²) in [7, 11) is 0. The van der Waals surface area contributed by atoms with Crippen molar-refractivity contribution in [1.82, 2.24) is 0 Å². The van der Waals surface area contributed by atoms with Crippen LogP contribution >= 0.6 is 0 Å². The number of fused-ring (bicyclic) bond motifs is 1. The highest BCUT2D eigenvalue weighted by atomic mass is 19.1. The first kappa shape index (κ1) is 20.7. The normalized spacial score (nSPS) is 10.7. The Balaban J connectivity index is 2.29. The Morgan fingerprint density at radius 3 is 2.63 bits per heavy atom. The van der Waals surface area contributed by atoms with Crippen molar-refractivity contribution in [3.05, 3.63) is 67.9 Å². The summed E-state index contributed by atoms with van der Waals surface area (Å²) in [6.45, 7) is -1.84. The van der Waals surface area contributed by atoms with E-state index in [9.17, 15) is 27.9 Å². The van der Waals surface area contributed by atoms with Crippen LogP contribution < -0.4 is 16.5 Å². The highest BCUT2D eigenvalue weighted by Crippen LogP contribution is 2.33. The molecule has 9 nitrogen and oxygen atoms in total. The number of aliphatic hydroxyl groups excluding tert-OH is 1. The van der Waals surface area contributed by atoms with Crippen LogP contribution in [0.1, 0.15) is 5.56 Å². The molecule has 0 aliphatic carbocycles. The minimum Gasteiger partial charge on any atom is -0.453 e. The topological polar surface area (TPSA) is 154 Å². The molecule has 1 heterocycles. The van der Waals surface area contributed by atoms with E-state index in [0.29, 0.717) is 0 Å². The number of nitrogen functional groups attached to an aromatic ring is 1. The highest BCUT2D eigenvalue weighted by Gasteiger charge is 2.25. The molecule has 1 aromatic heterocycles. The Morgan fingerprint density at radius 1 is 1.27 bits per heavy atom. The fraction of sp³-hybridized carbons (Fsp3) is 0.111. The monoisotopic (exact) mass is 419 g/mol. The van der Waals surface area contributed by atoms with E-state index in [1.54, 1.807) is 0 Å². The number of carbonyl (C=O) groups excluding carboxylic acids is 1. The molecule has 3 aromatic rings. The van der Waals surface area contributed by atoms with Crippen LogP contribution in [0.3, 0.4) is 0 Å². The van der Waals surface area contributed by atoms with Gasteiger partial charge in [0.05, 0.1) is 28.9 Å². The molecule has 0 spiro atoms. The molecule has 1 amide bonds. The van der Waals surface area contributed by atoms with Gasteiger partial charge in [0.1, 0.15) is 18.1 Å². The van der Waals surface area contributed by atoms with E-state index in [2.05, 4.69) is 10.0 Å². The van der Waals surface area contributed by atoms with Crippen LogP contribution in [0.5, 0.6) is 0 Å². The summed E-state index contributed by atoms with van der Waals surface area (Å²) in [6.07, 6.45) is 0. The number of amides is 1. The number of azide groups is 1. The average Bonchev–Trinajstić information content (AvgIpc) is 2.71.